The maximum atomic E-state index is 12.8. The van der Waals surface area contributed by atoms with Crippen molar-refractivity contribution in [3.05, 3.63) is 36.0 Å². The molecular weight excluding hydrogens is 380 g/mol. The summed E-state index contributed by atoms with van der Waals surface area (Å²) >= 11 is 0. The van der Waals surface area contributed by atoms with Crippen molar-refractivity contribution < 1.29 is 17.9 Å². The number of sulfone groups is 1. The average molecular weight is 404 g/mol. The quantitative estimate of drug-likeness (QED) is 0.752. The Labute approximate surface area is 164 Å². The van der Waals surface area contributed by atoms with Crippen LogP contribution in [0.4, 0.5) is 11.8 Å². The summed E-state index contributed by atoms with van der Waals surface area (Å²) in [5, 5.41) is 0. The van der Waals surface area contributed by atoms with Gasteiger partial charge in [0.1, 0.15) is 10.7 Å². The van der Waals surface area contributed by atoms with E-state index < -0.39 is 9.84 Å². The number of ether oxygens (including phenoxy) is 1. The van der Waals surface area contributed by atoms with Crippen molar-refractivity contribution >= 4 is 27.6 Å². The Kier molecular flexibility index (Phi) is 5.83. The van der Waals surface area contributed by atoms with Crippen LogP contribution in [0.5, 0.6) is 0 Å². The number of nitrogen functional groups attached to an aromatic ring is 1. The zero-order valence-corrected chi connectivity index (χ0v) is 16.8. The molecule has 0 amide bonds. The van der Waals surface area contributed by atoms with Gasteiger partial charge in [0.15, 0.2) is 0 Å². The van der Waals surface area contributed by atoms with Gasteiger partial charge in [-0.1, -0.05) is 17.7 Å². The van der Waals surface area contributed by atoms with Gasteiger partial charge >= 0.3 is 5.97 Å². The van der Waals surface area contributed by atoms with Gasteiger partial charge in [0.2, 0.25) is 15.8 Å². The van der Waals surface area contributed by atoms with Crippen LogP contribution in [0.2, 0.25) is 0 Å². The predicted molar refractivity (Wildman–Crippen MR) is 105 cm³/mol. The molecule has 9 heteroatoms. The summed E-state index contributed by atoms with van der Waals surface area (Å²) in [5.41, 5.74) is 6.93. The van der Waals surface area contributed by atoms with E-state index in [2.05, 4.69) is 9.97 Å². The van der Waals surface area contributed by atoms with Crippen molar-refractivity contribution in [1.29, 1.82) is 0 Å². The van der Waals surface area contributed by atoms with Crippen LogP contribution in [0.3, 0.4) is 0 Å². The van der Waals surface area contributed by atoms with Gasteiger partial charge < -0.3 is 15.4 Å². The number of benzene rings is 1. The lowest BCUT2D eigenvalue weighted by atomic mass is 9.98. The fraction of sp³-hybridized carbons (Fsp3) is 0.421. The Hall–Kier alpha value is -2.68. The second kappa shape index (κ2) is 8.14. The van der Waals surface area contributed by atoms with Crippen LogP contribution in [0.25, 0.3) is 0 Å². The molecule has 0 aliphatic carbocycles. The van der Waals surface area contributed by atoms with Crippen LogP contribution in [0, 0.1) is 12.8 Å². The summed E-state index contributed by atoms with van der Waals surface area (Å²) in [7, 11) is -3.81. The molecule has 1 aromatic carbocycles. The lowest BCUT2D eigenvalue weighted by molar-refractivity contribution is -0.148. The van der Waals surface area contributed by atoms with Crippen molar-refractivity contribution in [2.45, 2.75) is 36.5 Å². The minimum absolute atomic E-state index is 0.108. The number of nitrogens with two attached hydrogens (primary N) is 1. The Bertz CT molecular complexity index is 960. The molecule has 1 aliphatic heterocycles. The maximum Gasteiger partial charge on any atom is 0.310 e. The van der Waals surface area contributed by atoms with E-state index >= 15 is 0 Å². The number of anilines is 2. The predicted octanol–water partition coefficient (Wildman–Crippen LogP) is 1.98. The van der Waals surface area contributed by atoms with Crippen molar-refractivity contribution in [1.82, 2.24) is 9.97 Å². The van der Waals surface area contributed by atoms with Crippen molar-refractivity contribution in [2.24, 2.45) is 5.92 Å². The van der Waals surface area contributed by atoms with Gasteiger partial charge in [-0.25, -0.2) is 13.4 Å². The monoisotopic (exact) mass is 404 g/mol. The molecule has 0 spiro atoms. The second-order valence-electron chi connectivity index (χ2n) is 6.77. The van der Waals surface area contributed by atoms with Crippen LogP contribution < -0.4 is 10.6 Å². The highest BCUT2D eigenvalue weighted by atomic mass is 32.2. The first-order valence-corrected chi connectivity index (χ1v) is 10.7. The number of carbonyl (C=O) groups excluding carboxylic acids is 1. The molecule has 1 saturated heterocycles. The molecule has 2 aromatic rings. The van der Waals surface area contributed by atoms with E-state index in [0.29, 0.717) is 25.6 Å². The number of nitrogens with zero attached hydrogens (tertiary/aromatic N) is 3. The number of aromatic nitrogens is 2. The van der Waals surface area contributed by atoms with E-state index in [1.165, 1.54) is 18.3 Å². The molecule has 3 rings (SSSR count). The summed E-state index contributed by atoms with van der Waals surface area (Å²) in [6.45, 7) is 5.08. The van der Waals surface area contributed by atoms with E-state index in [1.807, 2.05) is 11.8 Å². The largest absolute Gasteiger partial charge is 0.466 e. The Morgan fingerprint density at radius 2 is 2.04 bits per heavy atom. The first-order chi connectivity index (χ1) is 13.3. The summed E-state index contributed by atoms with van der Waals surface area (Å²) in [6.07, 6.45) is 2.77. The van der Waals surface area contributed by atoms with Crippen molar-refractivity contribution in [3.63, 3.8) is 0 Å². The molecular formula is C19H24N4O4S. The molecule has 2 heterocycles. The number of esters is 1. The van der Waals surface area contributed by atoms with Gasteiger partial charge in [0, 0.05) is 13.1 Å². The van der Waals surface area contributed by atoms with Gasteiger partial charge in [0.25, 0.3) is 0 Å². The smallest absolute Gasteiger partial charge is 0.310 e. The summed E-state index contributed by atoms with van der Waals surface area (Å²) in [4.78, 5) is 22.3. The number of aryl methyl sites for hydroxylation is 1. The molecule has 0 bridgehead atoms. The summed E-state index contributed by atoms with van der Waals surface area (Å²) in [5.74, 6) is -0.286. The van der Waals surface area contributed by atoms with Gasteiger partial charge in [-0.15, -0.1) is 0 Å². The maximum absolute atomic E-state index is 12.8. The molecule has 1 fully saturated rings. The van der Waals surface area contributed by atoms with Crippen LogP contribution in [0.15, 0.2) is 40.3 Å². The zero-order valence-electron chi connectivity index (χ0n) is 16.0. The molecule has 28 heavy (non-hydrogen) atoms. The van der Waals surface area contributed by atoms with Crippen molar-refractivity contribution in [3.8, 4) is 0 Å². The highest BCUT2D eigenvalue weighted by Gasteiger charge is 2.29. The molecule has 1 aromatic heterocycles. The number of hydrogen-bond acceptors (Lipinski definition) is 8. The van der Waals surface area contributed by atoms with Gasteiger partial charge in [0.05, 0.1) is 23.6 Å². The Balaban J connectivity index is 1.84. The number of rotatable bonds is 5. The van der Waals surface area contributed by atoms with Gasteiger partial charge in [-0.3, -0.25) is 4.79 Å². The van der Waals surface area contributed by atoms with E-state index in [0.717, 1.165) is 18.4 Å². The fourth-order valence-corrected chi connectivity index (χ4v) is 4.45. The van der Waals surface area contributed by atoms with Crippen LogP contribution >= 0.6 is 0 Å². The molecule has 1 unspecified atom stereocenters. The molecule has 1 atom stereocenters. The standard InChI is InChI=1S/C19H24N4O4S/c1-3-27-18(24)14-5-4-10-23(12-14)19-21-11-16(17(20)22-19)28(25,26)15-8-6-13(2)7-9-15/h6-9,11,14H,3-5,10,12H2,1-2H3,(H2,20,21,22). The average Bonchev–Trinajstić information content (AvgIpc) is 2.68. The molecule has 8 nitrogen and oxygen atoms in total. The SMILES string of the molecule is CCOC(=O)C1CCCN(c2ncc(S(=O)(=O)c3ccc(C)cc3)c(N)n2)C1. The van der Waals surface area contributed by atoms with Crippen LogP contribution in [-0.2, 0) is 19.4 Å². The first kappa shape index (κ1) is 20.1. The summed E-state index contributed by atoms with van der Waals surface area (Å²) < 4.78 is 30.8. The van der Waals surface area contributed by atoms with Crippen LogP contribution in [0.1, 0.15) is 25.3 Å². The third-order valence-corrected chi connectivity index (χ3v) is 6.50. The minimum Gasteiger partial charge on any atom is -0.466 e. The highest BCUT2D eigenvalue weighted by Crippen LogP contribution is 2.27. The third kappa shape index (κ3) is 4.09. The Morgan fingerprint density at radius 1 is 1.32 bits per heavy atom. The molecule has 2 N–H and O–H groups in total. The van der Waals surface area contributed by atoms with Crippen molar-refractivity contribution in [2.75, 3.05) is 30.3 Å². The Morgan fingerprint density at radius 3 is 2.68 bits per heavy atom. The number of carbonyl (C=O) groups is 1. The third-order valence-electron chi connectivity index (χ3n) is 4.72. The molecule has 0 radical (unpaired) electrons. The van der Waals surface area contributed by atoms with Crippen LogP contribution in [-0.4, -0.2) is 44.1 Å². The first-order valence-electron chi connectivity index (χ1n) is 9.18. The van der Waals surface area contributed by atoms with E-state index in [4.69, 9.17) is 10.5 Å². The van der Waals surface area contributed by atoms with E-state index in [1.54, 1.807) is 19.1 Å². The van der Waals surface area contributed by atoms with E-state index in [9.17, 15) is 13.2 Å². The fourth-order valence-electron chi connectivity index (χ4n) is 3.19. The molecule has 150 valence electrons. The number of hydrogen-bond donors (Lipinski definition) is 1. The highest BCUT2D eigenvalue weighted by molar-refractivity contribution is 7.91. The topological polar surface area (TPSA) is 115 Å². The minimum atomic E-state index is -3.81. The normalized spacial score (nSPS) is 17.4. The lowest BCUT2D eigenvalue weighted by Crippen LogP contribution is -2.40. The molecule has 1 aliphatic rings. The zero-order chi connectivity index (χ0) is 20.3. The van der Waals surface area contributed by atoms with Gasteiger partial charge in [-0.05, 0) is 38.8 Å². The van der Waals surface area contributed by atoms with E-state index in [-0.39, 0.29) is 27.5 Å². The molecule has 0 saturated carbocycles. The van der Waals surface area contributed by atoms with Gasteiger partial charge in [-0.2, -0.15) is 4.98 Å². The summed E-state index contributed by atoms with van der Waals surface area (Å²) in [6, 6.07) is 6.52. The lowest BCUT2D eigenvalue weighted by Gasteiger charge is -2.31. The second-order valence-corrected chi connectivity index (χ2v) is 8.69. The number of piperidine rings is 1.